The smallest absolute Gasteiger partial charge is 0.196 e. The van der Waals surface area contributed by atoms with Crippen molar-refractivity contribution in [3.63, 3.8) is 0 Å². The fourth-order valence-electron chi connectivity index (χ4n) is 7.67. The van der Waals surface area contributed by atoms with Gasteiger partial charge >= 0.3 is 0 Å². The van der Waals surface area contributed by atoms with Crippen molar-refractivity contribution >= 4 is 0 Å². The van der Waals surface area contributed by atoms with E-state index in [-0.39, 0.29) is 5.76 Å². The minimum atomic E-state index is -0.837. The van der Waals surface area contributed by atoms with Crippen LogP contribution in [0.15, 0.2) is 47.3 Å². The molecule has 0 aliphatic heterocycles. The Bertz CT molecular complexity index is 987. The van der Waals surface area contributed by atoms with Gasteiger partial charge in [0.05, 0.1) is 13.7 Å². The van der Waals surface area contributed by atoms with E-state index in [1.807, 2.05) is 0 Å². The maximum absolute atomic E-state index is 12.8. The lowest BCUT2D eigenvalue weighted by molar-refractivity contribution is 0.143. The van der Waals surface area contributed by atoms with Gasteiger partial charge in [-0.05, 0) is 129 Å². The molecule has 3 aliphatic rings. The van der Waals surface area contributed by atoms with Crippen molar-refractivity contribution in [2.45, 2.75) is 131 Å². The molecule has 0 N–H and O–H groups in total. The molecule has 0 radical (unpaired) electrons. The molecule has 0 heterocycles. The van der Waals surface area contributed by atoms with Gasteiger partial charge in [-0.15, -0.1) is 0 Å². The molecule has 0 saturated heterocycles. The summed E-state index contributed by atoms with van der Waals surface area (Å²) in [7, 11) is 1.35. The Labute approximate surface area is 256 Å². The molecule has 0 spiro atoms. The molecule has 0 amide bonds. The van der Waals surface area contributed by atoms with Gasteiger partial charge in [0.1, 0.15) is 11.5 Å². The van der Waals surface area contributed by atoms with Crippen LogP contribution in [0, 0.1) is 35.5 Å². The second-order valence-corrected chi connectivity index (χ2v) is 14.3. The average Bonchev–Trinajstić information content (AvgIpc) is 2.97. The van der Waals surface area contributed by atoms with Gasteiger partial charge in [-0.2, -0.15) is 0 Å². The minimum Gasteiger partial charge on any atom is -0.498 e. The van der Waals surface area contributed by atoms with Gasteiger partial charge in [0.2, 0.25) is 0 Å². The second kappa shape index (κ2) is 17.5. The van der Waals surface area contributed by atoms with Gasteiger partial charge in [0.25, 0.3) is 0 Å². The molecular weight excluding hydrogens is 526 g/mol. The van der Waals surface area contributed by atoms with Crippen LogP contribution in [0.5, 0.6) is 5.75 Å². The largest absolute Gasteiger partial charge is 0.498 e. The van der Waals surface area contributed by atoms with Crippen LogP contribution in [-0.4, -0.2) is 13.7 Å². The van der Waals surface area contributed by atoms with Crippen molar-refractivity contribution in [1.29, 1.82) is 0 Å². The number of hydrogen-bond acceptors (Lipinski definition) is 2. The second-order valence-electron chi connectivity index (χ2n) is 14.3. The fourth-order valence-corrected chi connectivity index (χ4v) is 7.67. The predicted octanol–water partition coefficient (Wildman–Crippen LogP) is 12.1. The highest BCUT2D eigenvalue weighted by Crippen LogP contribution is 2.40. The van der Waals surface area contributed by atoms with Crippen molar-refractivity contribution in [2.24, 2.45) is 35.5 Å². The lowest BCUT2D eigenvalue weighted by Crippen LogP contribution is -2.25. The van der Waals surface area contributed by atoms with Crippen LogP contribution in [0.25, 0.3) is 0 Å². The molecule has 2 fully saturated rings. The summed E-state index contributed by atoms with van der Waals surface area (Å²) in [5.74, 6) is 5.59. The zero-order chi connectivity index (χ0) is 30.6. The Morgan fingerprint density at radius 3 is 2.12 bits per heavy atom. The number of halogens is 2. The molecule has 238 valence electrons. The molecule has 4 unspecified atom stereocenters. The standard InChI is InChI=1S/C30H50O.C8H10F2O/c1-6-7-25-10-13-29(24(5)20-25)19-23(4)21-31-30-16-14-28(15-17-30)27-11-8-26(9-12-27)18-22(2)3;1-5-3-4-6(11-2)8(10)7(5)9/h14-17,22-27,29H,6-13,18-21H2,1-5H3;3-4H2,1-2H3. The molecule has 4 heteroatoms. The van der Waals surface area contributed by atoms with E-state index in [2.05, 4.69) is 63.6 Å². The molecule has 4 rings (SSSR count). The fraction of sp³-hybridized carbons (Fsp3) is 0.737. The first-order valence-corrected chi connectivity index (χ1v) is 17.1. The molecule has 0 bridgehead atoms. The van der Waals surface area contributed by atoms with Crippen LogP contribution < -0.4 is 4.74 Å². The topological polar surface area (TPSA) is 18.5 Å². The van der Waals surface area contributed by atoms with E-state index in [4.69, 9.17) is 4.74 Å². The molecule has 3 aliphatic carbocycles. The highest BCUT2D eigenvalue weighted by atomic mass is 19.2. The van der Waals surface area contributed by atoms with E-state index in [1.165, 1.54) is 83.3 Å². The molecular formula is C38H60F2O2. The Morgan fingerprint density at radius 1 is 0.857 bits per heavy atom. The Kier molecular flexibility index (Phi) is 14.4. The Hall–Kier alpha value is -1.84. The number of benzene rings is 1. The third-order valence-corrected chi connectivity index (χ3v) is 10.2. The van der Waals surface area contributed by atoms with Gasteiger partial charge < -0.3 is 9.47 Å². The summed E-state index contributed by atoms with van der Waals surface area (Å²) < 4.78 is 36.4. The van der Waals surface area contributed by atoms with Gasteiger partial charge in [-0.1, -0.05) is 66.0 Å². The molecule has 4 atom stereocenters. The first-order chi connectivity index (χ1) is 20.1. The van der Waals surface area contributed by atoms with Crippen LogP contribution in [0.1, 0.15) is 136 Å². The zero-order valence-corrected chi connectivity index (χ0v) is 27.8. The monoisotopic (exact) mass is 586 g/mol. The first-order valence-electron chi connectivity index (χ1n) is 17.1. The molecule has 2 nitrogen and oxygen atoms in total. The van der Waals surface area contributed by atoms with Crippen LogP contribution in [0.2, 0.25) is 0 Å². The molecule has 0 aromatic heterocycles. The third kappa shape index (κ3) is 10.7. The molecule has 1 aromatic carbocycles. The zero-order valence-electron chi connectivity index (χ0n) is 27.8. The maximum atomic E-state index is 12.8. The lowest BCUT2D eigenvalue weighted by Gasteiger charge is -2.35. The summed E-state index contributed by atoms with van der Waals surface area (Å²) in [5.41, 5.74) is 1.99. The molecule has 2 saturated carbocycles. The van der Waals surface area contributed by atoms with Gasteiger partial charge in [-0.25, -0.2) is 8.78 Å². The number of methoxy groups -OCH3 is 1. The van der Waals surface area contributed by atoms with Crippen molar-refractivity contribution in [3.8, 4) is 5.75 Å². The van der Waals surface area contributed by atoms with Crippen molar-refractivity contribution in [2.75, 3.05) is 13.7 Å². The summed E-state index contributed by atoms with van der Waals surface area (Å²) >= 11 is 0. The highest BCUT2D eigenvalue weighted by Gasteiger charge is 2.28. The van der Waals surface area contributed by atoms with Gasteiger partial charge in [0.15, 0.2) is 11.7 Å². The van der Waals surface area contributed by atoms with E-state index in [1.54, 1.807) is 6.92 Å². The number of hydrogen-bond donors (Lipinski definition) is 0. The predicted molar refractivity (Wildman–Crippen MR) is 173 cm³/mol. The van der Waals surface area contributed by atoms with Crippen LogP contribution in [0.3, 0.4) is 0 Å². The summed E-state index contributed by atoms with van der Waals surface area (Å²) in [4.78, 5) is 0. The lowest BCUT2D eigenvalue weighted by atomic mass is 9.71. The minimum absolute atomic E-state index is 0.119. The normalized spacial score (nSPS) is 27.4. The SMILES string of the molecule is CCCC1CCC(CC(C)COc2ccc(C3CCC(CC(C)C)CC3)cc2)C(C)C1.COC1=C(F)C(F)=C(C)CC1. The number of allylic oxidation sites excluding steroid dienone is 4. The van der Waals surface area contributed by atoms with Gasteiger partial charge in [-0.3, -0.25) is 0 Å². The van der Waals surface area contributed by atoms with E-state index in [0.717, 1.165) is 47.9 Å². The van der Waals surface area contributed by atoms with E-state index in [9.17, 15) is 8.78 Å². The van der Waals surface area contributed by atoms with Gasteiger partial charge in [0, 0.05) is 6.42 Å². The summed E-state index contributed by atoms with van der Waals surface area (Å²) in [6.45, 7) is 14.4. The maximum Gasteiger partial charge on any atom is 0.196 e. The molecule has 1 aromatic rings. The van der Waals surface area contributed by atoms with Crippen LogP contribution in [-0.2, 0) is 4.74 Å². The summed E-state index contributed by atoms with van der Waals surface area (Å²) in [5, 5.41) is 0. The van der Waals surface area contributed by atoms with E-state index in [0.29, 0.717) is 24.3 Å². The summed E-state index contributed by atoms with van der Waals surface area (Å²) in [6.07, 6.45) is 16.4. The Morgan fingerprint density at radius 2 is 1.52 bits per heavy atom. The van der Waals surface area contributed by atoms with E-state index >= 15 is 0 Å². The summed E-state index contributed by atoms with van der Waals surface area (Å²) in [6, 6.07) is 9.12. The highest BCUT2D eigenvalue weighted by molar-refractivity contribution is 5.31. The third-order valence-electron chi connectivity index (χ3n) is 10.2. The number of rotatable bonds is 11. The van der Waals surface area contributed by atoms with E-state index < -0.39 is 11.7 Å². The number of ether oxygens (including phenoxy) is 2. The average molecular weight is 587 g/mol. The Balaban J connectivity index is 0.000000369. The van der Waals surface area contributed by atoms with Crippen molar-refractivity contribution in [1.82, 2.24) is 0 Å². The first kappa shape index (κ1) is 34.6. The van der Waals surface area contributed by atoms with Crippen LogP contribution >= 0.6 is 0 Å². The molecule has 42 heavy (non-hydrogen) atoms. The quantitative estimate of drug-likeness (QED) is 0.257. The van der Waals surface area contributed by atoms with Crippen molar-refractivity contribution in [3.05, 3.63) is 52.8 Å². The van der Waals surface area contributed by atoms with Crippen LogP contribution in [0.4, 0.5) is 8.78 Å². The van der Waals surface area contributed by atoms with Crippen molar-refractivity contribution < 1.29 is 18.3 Å².